The zero-order valence-electron chi connectivity index (χ0n) is 38.1. The molecule has 0 bridgehead atoms. The number of carbonyl (C=O) groups is 3. The van der Waals surface area contributed by atoms with Gasteiger partial charge in [0.05, 0.1) is 25.3 Å². The van der Waals surface area contributed by atoms with Crippen LogP contribution in [0.5, 0.6) is 5.75 Å². The van der Waals surface area contributed by atoms with Crippen LogP contribution < -0.4 is 25.7 Å². The number of ether oxygens (including phenoxy) is 3. The Morgan fingerprint density at radius 3 is 2.30 bits per heavy atom. The molecule has 0 aliphatic carbocycles. The van der Waals surface area contributed by atoms with Crippen molar-refractivity contribution in [2.24, 2.45) is 0 Å². The fourth-order valence-corrected chi connectivity index (χ4v) is 7.56. The van der Waals surface area contributed by atoms with Crippen LogP contribution in [0.3, 0.4) is 0 Å². The molecule has 0 unspecified atom stereocenters. The van der Waals surface area contributed by atoms with Gasteiger partial charge in [-0.05, 0) is 84.0 Å². The predicted molar refractivity (Wildman–Crippen MR) is 242 cm³/mol. The first-order chi connectivity index (χ1) is 30.1. The summed E-state index contributed by atoms with van der Waals surface area (Å²) in [6.07, 6.45) is 0.909. The average molecular weight is 874 g/mol. The van der Waals surface area contributed by atoms with Crippen LogP contribution in [0.15, 0.2) is 79.4 Å². The first-order valence-electron chi connectivity index (χ1n) is 22.0. The summed E-state index contributed by atoms with van der Waals surface area (Å²) in [7, 11) is 2.14. The fraction of sp³-hybridized carbons (Fsp3) is 0.532. The SMILES string of the molecule is C=CCN(CC(=O)N[C@@H](Cc1ccc(OC(C)(C)C)cc1)C(=O)N(Cc1ccc(F)c(N2CC(N3CCN(C)[C@H](C)C3)C2)n1)CC(OCC)OCC)NC(=O)NCc1ccccc1. The highest BCUT2D eigenvalue weighted by molar-refractivity contribution is 5.89. The number of nitrogens with one attached hydrogen (secondary N) is 3. The molecule has 3 aromatic rings. The summed E-state index contributed by atoms with van der Waals surface area (Å²) in [5.41, 5.74) is 4.47. The van der Waals surface area contributed by atoms with E-state index in [0.717, 1.165) is 30.8 Å². The number of hydrogen-bond acceptors (Lipinski definition) is 11. The number of hydrazine groups is 1. The van der Waals surface area contributed by atoms with Crippen LogP contribution in [0.4, 0.5) is 15.0 Å². The summed E-state index contributed by atoms with van der Waals surface area (Å²) in [6.45, 7) is 20.7. The van der Waals surface area contributed by atoms with E-state index in [1.807, 2.05) is 94.1 Å². The van der Waals surface area contributed by atoms with Gasteiger partial charge < -0.3 is 39.5 Å². The Balaban J connectivity index is 1.37. The Morgan fingerprint density at radius 1 is 0.968 bits per heavy atom. The number of piperazine rings is 1. The molecule has 2 aliphatic rings. The van der Waals surface area contributed by atoms with Gasteiger partial charge in [-0.2, -0.15) is 0 Å². The molecule has 3 N–H and O–H groups in total. The molecule has 15 nitrogen and oxygen atoms in total. The molecule has 16 heteroatoms. The van der Waals surface area contributed by atoms with Gasteiger partial charge in [-0.25, -0.2) is 19.2 Å². The van der Waals surface area contributed by atoms with Crippen molar-refractivity contribution < 1.29 is 33.0 Å². The van der Waals surface area contributed by atoms with E-state index in [0.29, 0.717) is 49.8 Å². The number of benzene rings is 2. The van der Waals surface area contributed by atoms with Crippen molar-refractivity contribution in [3.63, 3.8) is 0 Å². The number of likely N-dealkylation sites (N-methyl/N-ethyl adjacent to an activating group) is 1. The highest BCUT2D eigenvalue weighted by atomic mass is 19.1. The van der Waals surface area contributed by atoms with E-state index in [-0.39, 0.29) is 45.0 Å². The standard InChI is InChI=1S/C47H68FN9O6/c1-9-23-57(52-46(60)49-27-36-15-13-12-14-16-36)32-42(58)51-41(26-35-17-20-39(21-18-35)63-47(5,6)7)45(59)56(33-43(61-10-2)62-11-3)29-37-19-22-40(48)44(50-37)55-30-38(31-55)54-25-24-53(8)34(4)28-54/h9,12-22,34,38,41,43H,1,10-11,23-33H2,2-8H3,(H,51,58)(H2,49,52,60)/t34-,41+/m1/s1. The van der Waals surface area contributed by atoms with Crippen LogP contribution in [0.25, 0.3) is 0 Å². The first-order valence-corrected chi connectivity index (χ1v) is 22.0. The maximum absolute atomic E-state index is 15.5. The Morgan fingerprint density at radius 2 is 1.67 bits per heavy atom. The van der Waals surface area contributed by atoms with Crippen LogP contribution in [0, 0.1) is 5.82 Å². The summed E-state index contributed by atoms with van der Waals surface area (Å²) in [6, 6.07) is 19.0. The number of rotatable bonds is 22. The van der Waals surface area contributed by atoms with Crippen molar-refractivity contribution >= 4 is 23.7 Å². The second kappa shape index (κ2) is 23.5. The van der Waals surface area contributed by atoms with E-state index in [9.17, 15) is 14.4 Å². The van der Waals surface area contributed by atoms with Gasteiger partial charge in [-0.3, -0.25) is 19.9 Å². The molecule has 0 radical (unpaired) electrons. The Kier molecular flexibility index (Phi) is 18.3. The molecule has 3 heterocycles. The quantitative estimate of drug-likeness (QED) is 0.0742. The molecule has 0 spiro atoms. The molecule has 344 valence electrons. The third-order valence-electron chi connectivity index (χ3n) is 11.0. The third-order valence-corrected chi connectivity index (χ3v) is 11.0. The summed E-state index contributed by atoms with van der Waals surface area (Å²) in [5, 5.41) is 7.17. The zero-order valence-corrected chi connectivity index (χ0v) is 38.1. The number of carbonyl (C=O) groups excluding carboxylic acids is 3. The van der Waals surface area contributed by atoms with Crippen molar-refractivity contribution in [2.45, 2.75) is 91.1 Å². The fourth-order valence-electron chi connectivity index (χ4n) is 7.56. The number of urea groups is 1. The van der Waals surface area contributed by atoms with Crippen LogP contribution in [-0.4, -0.2) is 145 Å². The van der Waals surface area contributed by atoms with Crippen LogP contribution in [0.1, 0.15) is 58.4 Å². The second-order valence-electron chi connectivity index (χ2n) is 17.2. The van der Waals surface area contributed by atoms with Gasteiger partial charge in [0.25, 0.3) is 0 Å². The molecular formula is C47H68FN9O6. The number of pyridine rings is 1. The number of hydrogen-bond donors (Lipinski definition) is 3. The monoisotopic (exact) mass is 874 g/mol. The lowest BCUT2D eigenvalue weighted by Crippen LogP contribution is -2.64. The molecule has 2 fully saturated rings. The van der Waals surface area contributed by atoms with Crippen LogP contribution in [0.2, 0.25) is 0 Å². The largest absolute Gasteiger partial charge is 0.488 e. The number of amides is 4. The topological polar surface area (TPSA) is 144 Å². The lowest BCUT2D eigenvalue weighted by Gasteiger charge is -2.49. The van der Waals surface area contributed by atoms with Crippen molar-refractivity contribution in [3.8, 4) is 5.75 Å². The molecule has 0 saturated carbocycles. The summed E-state index contributed by atoms with van der Waals surface area (Å²) in [5.74, 6) is -0.458. The number of halogens is 1. The molecular weight excluding hydrogens is 806 g/mol. The summed E-state index contributed by atoms with van der Waals surface area (Å²) >= 11 is 0. The van der Waals surface area contributed by atoms with Gasteiger partial charge in [0.1, 0.15) is 17.4 Å². The van der Waals surface area contributed by atoms with Crippen LogP contribution in [-0.2, 0) is 38.6 Å². The number of anilines is 1. The highest BCUT2D eigenvalue weighted by Gasteiger charge is 2.37. The van der Waals surface area contributed by atoms with E-state index in [1.54, 1.807) is 17.0 Å². The van der Waals surface area contributed by atoms with Gasteiger partial charge in [0.15, 0.2) is 17.9 Å². The molecule has 2 atom stereocenters. The van der Waals surface area contributed by atoms with E-state index in [1.165, 1.54) is 11.1 Å². The molecule has 2 aromatic carbocycles. The predicted octanol–water partition coefficient (Wildman–Crippen LogP) is 4.58. The lowest BCUT2D eigenvalue weighted by molar-refractivity contribution is -0.161. The zero-order chi connectivity index (χ0) is 45.5. The summed E-state index contributed by atoms with van der Waals surface area (Å²) in [4.78, 5) is 54.9. The van der Waals surface area contributed by atoms with Gasteiger partial charge in [0, 0.05) is 77.5 Å². The number of aromatic nitrogens is 1. The van der Waals surface area contributed by atoms with Gasteiger partial charge in [-0.1, -0.05) is 48.5 Å². The normalized spacial score (nSPS) is 16.7. The Labute approximate surface area is 372 Å². The van der Waals surface area contributed by atoms with E-state index in [2.05, 4.69) is 46.4 Å². The lowest BCUT2D eigenvalue weighted by atomic mass is 10.0. The second-order valence-corrected chi connectivity index (χ2v) is 17.2. The molecule has 1 aromatic heterocycles. The van der Waals surface area contributed by atoms with Crippen molar-refractivity contribution in [2.75, 3.05) is 77.5 Å². The smallest absolute Gasteiger partial charge is 0.329 e. The van der Waals surface area contributed by atoms with E-state index >= 15 is 4.39 Å². The van der Waals surface area contributed by atoms with Gasteiger partial charge in [-0.15, -0.1) is 6.58 Å². The molecule has 4 amide bonds. The molecule has 2 aliphatic heterocycles. The van der Waals surface area contributed by atoms with Crippen molar-refractivity contribution in [1.82, 2.24) is 40.8 Å². The minimum atomic E-state index is -1.07. The Hall–Kier alpha value is -5.13. The Bertz CT molecular complexity index is 1920. The van der Waals surface area contributed by atoms with Crippen molar-refractivity contribution in [3.05, 3.63) is 102 Å². The average Bonchev–Trinajstić information content (AvgIpc) is 3.22. The third kappa shape index (κ3) is 15.3. The summed E-state index contributed by atoms with van der Waals surface area (Å²) < 4.78 is 33.3. The highest BCUT2D eigenvalue weighted by Crippen LogP contribution is 2.27. The minimum absolute atomic E-state index is 0.00747. The van der Waals surface area contributed by atoms with E-state index in [4.69, 9.17) is 19.2 Å². The maximum Gasteiger partial charge on any atom is 0.329 e. The minimum Gasteiger partial charge on any atom is -0.488 e. The molecule has 63 heavy (non-hydrogen) atoms. The van der Waals surface area contributed by atoms with Crippen LogP contribution >= 0.6 is 0 Å². The van der Waals surface area contributed by atoms with E-state index < -0.39 is 41.6 Å². The number of nitrogens with zero attached hydrogens (tertiary/aromatic N) is 6. The first kappa shape index (κ1) is 48.9. The van der Waals surface area contributed by atoms with Gasteiger partial charge in [0.2, 0.25) is 11.8 Å². The maximum atomic E-state index is 15.5. The van der Waals surface area contributed by atoms with Crippen molar-refractivity contribution in [1.29, 1.82) is 0 Å². The molecule has 5 rings (SSSR count). The molecule has 2 saturated heterocycles. The van der Waals surface area contributed by atoms with Gasteiger partial charge >= 0.3 is 6.03 Å².